The molecule has 0 radical (unpaired) electrons. The fourth-order valence-electron chi connectivity index (χ4n) is 3.89. The first-order chi connectivity index (χ1) is 12.8. The molecule has 0 aromatic heterocycles. The first-order valence-electron chi connectivity index (χ1n) is 9.28. The number of piperazine rings is 1. The Morgan fingerprint density at radius 2 is 0.964 bits per heavy atom. The topological polar surface area (TPSA) is 40.6 Å². The zero-order chi connectivity index (χ0) is 18.2. The molecule has 0 spiro atoms. The van der Waals surface area contributed by atoms with E-state index in [0.717, 1.165) is 38.8 Å². The second-order valence-electron chi connectivity index (χ2n) is 6.73. The van der Waals surface area contributed by atoms with Crippen molar-refractivity contribution in [2.24, 2.45) is 0 Å². The minimum absolute atomic E-state index is 0. The summed E-state index contributed by atoms with van der Waals surface area (Å²) >= 11 is 0. The average Bonchev–Trinajstić information content (AvgIpc) is 2.72. The van der Waals surface area contributed by atoms with Crippen LogP contribution in [0.4, 0.5) is 0 Å². The van der Waals surface area contributed by atoms with Crippen molar-refractivity contribution in [1.29, 1.82) is 0 Å². The molecule has 0 saturated carbocycles. The number of rotatable bonds is 8. The number of benzene rings is 2. The van der Waals surface area contributed by atoms with Gasteiger partial charge in [-0.25, -0.2) is 0 Å². The van der Waals surface area contributed by atoms with Crippen molar-refractivity contribution >= 4 is 37.4 Å². The molecule has 0 amide bonds. The predicted octanol–water partition coefficient (Wildman–Crippen LogP) is 4.11. The molecular formula is C22H28Cl2N2O2. The van der Waals surface area contributed by atoms with Gasteiger partial charge in [-0.15, -0.1) is 24.8 Å². The molecule has 4 nitrogen and oxygen atoms in total. The van der Waals surface area contributed by atoms with Gasteiger partial charge < -0.3 is 9.59 Å². The van der Waals surface area contributed by atoms with Gasteiger partial charge in [-0.1, -0.05) is 60.7 Å². The highest BCUT2D eigenvalue weighted by Crippen LogP contribution is 2.29. The van der Waals surface area contributed by atoms with E-state index in [1.165, 1.54) is 11.1 Å². The second kappa shape index (κ2) is 12.7. The van der Waals surface area contributed by atoms with Crippen LogP contribution >= 0.6 is 24.8 Å². The molecule has 1 aliphatic rings. The normalized spacial score (nSPS) is 16.9. The minimum Gasteiger partial charge on any atom is -0.303 e. The van der Waals surface area contributed by atoms with Gasteiger partial charge in [0.1, 0.15) is 12.6 Å². The monoisotopic (exact) mass is 422 g/mol. The first-order valence-corrected chi connectivity index (χ1v) is 9.28. The summed E-state index contributed by atoms with van der Waals surface area (Å²) in [5.74, 6) is 0. The van der Waals surface area contributed by atoms with E-state index in [2.05, 4.69) is 34.1 Å². The lowest BCUT2D eigenvalue weighted by Crippen LogP contribution is -2.48. The molecule has 0 N–H and O–H groups in total. The molecule has 0 bridgehead atoms. The lowest BCUT2D eigenvalue weighted by Gasteiger charge is -2.42. The Balaban J connectivity index is 0.00000196. The van der Waals surface area contributed by atoms with Crippen molar-refractivity contribution in [2.75, 3.05) is 26.2 Å². The van der Waals surface area contributed by atoms with Gasteiger partial charge >= 0.3 is 0 Å². The van der Waals surface area contributed by atoms with Crippen molar-refractivity contribution in [3.8, 4) is 0 Å². The average molecular weight is 423 g/mol. The highest BCUT2D eigenvalue weighted by molar-refractivity contribution is 5.85. The molecule has 6 heteroatoms. The lowest BCUT2D eigenvalue weighted by atomic mass is 9.99. The van der Waals surface area contributed by atoms with Crippen molar-refractivity contribution in [3.05, 3.63) is 71.8 Å². The molecule has 2 aromatic carbocycles. The van der Waals surface area contributed by atoms with E-state index in [1.54, 1.807) is 0 Å². The fraction of sp³-hybridized carbons (Fsp3) is 0.364. The number of carbonyl (C=O) groups excluding carboxylic acids is 2. The minimum atomic E-state index is 0. The summed E-state index contributed by atoms with van der Waals surface area (Å²) in [6.07, 6.45) is 3.06. The first kappa shape index (κ1) is 24.3. The van der Waals surface area contributed by atoms with Crippen molar-refractivity contribution < 1.29 is 9.59 Å². The Hall–Kier alpha value is -1.72. The van der Waals surface area contributed by atoms with Crippen LogP contribution in [0.25, 0.3) is 0 Å². The number of nitrogens with zero attached hydrogens (tertiary/aromatic N) is 2. The summed E-state index contributed by atoms with van der Waals surface area (Å²) in [6.45, 7) is 3.59. The number of hydrogen-bond acceptors (Lipinski definition) is 4. The smallest absolute Gasteiger partial charge is 0.121 e. The van der Waals surface area contributed by atoms with E-state index in [-0.39, 0.29) is 36.9 Å². The van der Waals surface area contributed by atoms with Crippen molar-refractivity contribution in [1.82, 2.24) is 9.80 Å². The summed E-state index contributed by atoms with van der Waals surface area (Å²) in [4.78, 5) is 27.2. The van der Waals surface area contributed by atoms with Crippen LogP contribution in [0.1, 0.15) is 36.1 Å². The van der Waals surface area contributed by atoms with Crippen LogP contribution in [0.3, 0.4) is 0 Å². The second-order valence-corrected chi connectivity index (χ2v) is 6.73. The van der Waals surface area contributed by atoms with E-state index < -0.39 is 0 Å². The number of halogens is 2. The quantitative estimate of drug-likeness (QED) is 0.600. The zero-order valence-electron chi connectivity index (χ0n) is 15.9. The van der Waals surface area contributed by atoms with E-state index in [9.17, 15) is 9.59 Å². The van der Waals surface area contributed by atoms with Crippen LogP contribution in [0.15, 0.2) is 60.7 Å². The van der Waals surface area contributed by atoms with Gasteiger partial charge in [-0.05, 0) is 11.1 Å². The summed E-state index contributed by atoms with van der Waals surface area (Å²) in [7, 11) is 0. The molecule has 0 aliphatic carbocycles. The standard InChI is InChI=1S/C22H26N2O2.2ClH/c25-17-11-21(19-7-3-1-4-8-19)23-13-15-24(16-14-23)22(12-18-26)20-9-5-2-6-10-20;;/h1-10,17-18,21-22H,11-16H2;2*1H. The Morgan fingerprint density at radius 1 is 0.643 bits per heavy atom. The number of aldehydes is 2. The third-order valence-electron chi connectivity index (χ3n) is 5.24. The Kier molecular flexibility index (Phi) is 11.0. The summed E-state index contributed by atoms with van der Waals surface area (Å²) in [5, 5.41) is 0. The van der Waals surface area contributed by atoms with Gasteiger partial charge in [-0.2, -0.15) is 0 Å². The SMILES string of the molecule is Cl.Cl.O=CCC(c1ccccc1)N1CCN(C(CC=O)c2ccccc2)CC1. The third-order valence-corrected chi connectivity index (χ3v) is 5.24. The van der Waals surface area contributed by atoms with E-state index >= 15 is 0 Å². The van der Waals surface area contributed by atoms with Crippen molar-refractivity contribution in [3.63, 3.8) is 0 Å². The molecular weight excluding hydrogens is 395 g/mol. The highest BCUT2D eigenvalue weighted by atomic mass is 35.5. The van der Waals surface area contributed by atoms with Gasteiger partial charge in [0.2, 0.25) is 0 Å². The molecule has 152 valence electrons. The largest absolute Gasteiger partial charge is 0.303 e. The van der Waals surface area contributed by atoms with Gasteiger partial charge in [0.25, 0.3) is 0 Å². The molecule has 1 heterocycles. The van der Waals surface area contributed by atoms with E-state index in [1.807, 2.05) is 36.4 Å². The zero-order valence-corrected chi connectivity index (χ0v) is 17.5. The van der Waals surface area contributed by atoms with Gasteiger partial charge in [0, 0.05) is 51.1 Å². The molecule has 2 unspecified atom stereocenters. The Morgan fingerprint density at radius 3 is 1.25 bits per heavy atom. The molecule has 28 heavy (non-hydrogen) atoms. The highest BCUT2D eigenvalue weighted by Gasteiger charge is 2.28. The Labute approximate surface area is 179 Å². The van der Waals surface area contributed by atoms with E-state index in [4.69, 9.17) is 0 Å². The lowest BCUT2D eigenvalue weighted by molar-refractivity contribution is -0.110. The van der Waals surface area contributed by atoms with Crippen LogP contribution in [0.2, 0.25) is 0 Å². The van der Waals surface area contributed by atoms with Crippen LogP contribution < -0.4 is 0 Å². The maximum Gasteiger partial charge on any atom is 0.121 e. The van der Waals surface area contributed by atoms with Crippen LogP contribution in [-0.2, 0) is 9.59 Å². The molecule has 1 aliphatic heterocycles. The van der Waals surface area contributed by atoms with Gasteiger partial charge in [-0.3, -0.25) is 9.80 Å². The number of carbonyl (C=O) groups is 2. The molecule has 1 fully saturated rings. The summed E-state index contributed by atoms with van der Waals surface area (Å²) in [6, 6.07) is 20.8. The van der Waals surface area contributed by atoms with E-state index in [0.29, 0.717) is 12.8 Å². The Bertz CT molecular complexity index is 631. The molecule has 2 atom stereocenters. The fourth-order valence-corrected chi connectivity index (χ4v) is 3.89. The summed E-state index contributed by atoms with van der Waals surface area (Å²) < 4.78 is 0. The number of hydrogen-bond donors (Lipinski definition) is 0. The van der Waals surface area contributed by atoms with Gasteiger partial charge in [0.05, 0.1) is 0 Å². The molecule has 1 saturated heterocycles. The van der Waals surface area contributed by atoms with Crippen LogP contribution in [-0.4, -0.2) is 48.6 Å². The summed E-state index contributed by atoms with van der Waals surface area (Å²) in [5.41, 5.74) is 2.39. The molecule has 3 rings (SSSR count). The van der Waals surface area contributed by atoms with Crippen LogP contribution in [0.5, 0.6) is 0 Å². The molecule has 2 aromatic rings. The third kappa shape index (κ3) is 6.14. The van der Waals surface area contributed by atoms with Crippen molar-refractivity contribution in [2.45, 2.75) is 24.9 Å². The van der Waals surface area contributed by atoms with Crippen LogP contribution in [0, 0.1) is 0 Å². The maximum atomic E-state index is 11.2. The predicted molar refractivity (Wildman–Crippen MR) is 117 cm³/mol. The maximum absolute atomic E-state index is 11.2. The van der Waals surface area contributed by atoms with Gasteiger partial charge in [0.15, 0.2) is 0 Å².